The van der Waals surface area contributed by atoms with Crippen molar-refractivity contribution in [2.24, 2.45) is 5.10 Å². The predicted molar refractivity (Wildman–Crippen MR) is 105 cm³/mol. The maximum absolute atomic E-state index is 12.6. The number of sulfonamides is 1. The number of hydrogen-bond acceptors (Lipinski definition) is 4. The molecule has 2 N–H and O–H groups in total. The second-order valence-corrected chi connectivity index (χ2v) is 9.48. The zero-order chi connectivity index (χ0) is 19.1. The molecular formula is C21H24N2O3S. The smallest absolute Gasteiger partial charge is 0.276 e. The van der Waals surface area contributed by atoms with Crippen LogP contribution in [0.3, 0.4) is 0 Å². The van der Waals surface area contributed by atoms with Gasteiger partial charge in [0.25, 0.3) is 10.0 Å². The average molecular weight is 385 g/mol. The summed E-state index contributed by atoms with van der Waals surface area (Å²) in [4.78, 5) is 2.60. The minimum absolute atomic E-state index is 0.186. The summed E-state index contributed by atoms with van der Waals surface area (Å²) >= 11 is 0. The normalized spacial score (nSPS) is 29.0. The van der Waals surface area contributed by atoms with Gasteiger partial charge < -0.3 is 5.11 Å². The standard InChI is InChI=1S/C21H24N2O3S/c1-16-7-9-18(10-8-16)27(25,26)23-22-19-15-20(24)11-13-21(19,14-12-20)17-5-3-2-4-6-17/h2-10,23-24H,11-15H2,1H3. The molecule has 27 heavy (non-hydrogen) atoms. The Hall–Kier alpha value is -2.18. The van der Waals surface area contributed by atoms with Crippen LogP contribution in [0.25, 0.3) is 0 Å². The summed E-state index contributed by atoms with van der Waals surface area (Å²) in [7, 11) is -3.74. The van der Waals surface area contributed by atoms with Crippen molar-refractivity contribution in [2.45, 2.75) is 54.9 Å². The van der Waals surface area contributed by atoms with Crippen molar-refractivity contribution < 1.29 is 13.5 Å². The summed E-state index contributed by atoms with van der Waals surface area (Å²) in [5.41, 5.74) is 1.78. The third kappa shape index (κ3) is 3.28. The molecule has 142 valence electrons. The largest absolute Gasteiger partial charge is 0.389 e. The highest BCUT2D eigenvalue weighted by Crippen LogP contribution is 2.51. The van der Waals surface area contributed by atoms with Crippen LogP contribution in [0.15, 0.2) is 64.6 Å². The van der Waals surface area contributed by atoms with Gasteiger partial charge in [-0.2, -0.15) is 13.5 Å². The van der Waals surface area contributed by atoms with Crippen LogP contribution in [0, 0.1) is 6.92 Å². The van der Waals surface area contributed by atoms with E-state index in [1.165, 1.54) is 0 Å². The van der Waals surface area contributed by atoms with E-state index < -0.39 is 15.6 Å². The molecule has 0 spiro atoms. The van der Waals surface area contributed by atoms with Gasteiger partial charge in [0.1, 0.15) is 0 Å². The Labute approximate surface area is 160 Å². The van der Waals surface area contributed by atoms with Crippen LogP contribution >= 0.6 is 0 Å². The zero-order valence-corrected chi connectivity index (χ0v) is 16.2. The molecule has 0 unspecified atom stereocenters. The molecule has 0 heterocycles. The van der Waals surface area contributed by atoms with Crippen LogP contribution in [0.4, 0.5) is 0 Å². The monoisotopic (exact) mass is 384 g/mol. The van der Waals surface area contributed by atoms with Gasteiger partial charge >= 0.3 is 0 Å². The number of nitrogens with zero attached hydrogens (tertiary/aromatic N) is 1. The summed E-state index contributed by atoms with van der Waals surface area (Å²) in [5, 5.41) is 15.1. The Morgan fingerprint density at radius 2 is 1.59 bits per heavy atom. The Morgan fingerprint density at radius 3 is 2.22 bits per heavy atom. The lowest BCUT2D eigenvalue weighted by Crippen LogP contribution is -2.55. The zero-order valence-electron chi connectivity index (χ0n) is 15.4. The number of rotatable bonds is 4. The fourth-order valence-corrected chi connectivity index (χ4v) is 5.16. The van der Waals surface area contributed by atoms with Gasteiger partial charge in [0.2, 0.25) is 0 Å². The number of aryl methyl sites for hydroxylation is 1. The van der Waals surface area contributed by atoms with E-state index in [1.807, 2.05) is 25.1 Å². The molecular weight excluding hydrogens is 360 g/mol. The summed E-state index contributed by atoms with van der Waals surface area (Å²) in [5.74, 6) is 0. The predicted octanol–water partition coefficient (Wildman–Crippen LogP) is 3.28. The number of fused-ring (bicyclic) bond motifs is 3. The Bertz CT molecular complexity index is 958. The van der Waals surface area contributed by atoms with Crippen LogP contribution in [0.1, 0.15) is 43.2 Å². The van der Waals surface area contributed by atoms with Crippen molar-refractivity contribution >= 4 is 15.7 Å². The first-order valence-electron chi connectivity index (χ1n) is 9.27. The highest BCUT2D eigenvalue weighted by molar-refractivity contribution is 7.89. The first-order valence-corrected chi connectivity index (χ1v) is 10.7. The van der Waals surface area contributed by atoms with Gasteiger partial charge in [0, 0.05) is 11.8 Å². The fourth-order valence-electron chi connectivity index (χ4n) is 4.33. The van der Waals surface area contributed by atoms with Gasteiger partial charge in [-0.1, -0.05) is 48.0 Å². The van der Waals surface area contributed by atoms with Gasteiger partial charge in [0.15, 0.2) is 0 Å². The van der Waals surface area contributed by atoms with E-state index in [1.54, 1.807) is 24.3 Å². The minimum Gasteiger partial charge on any atom is -0.389 e. The average Bonchev–Trinajstić information content (AvgIpc) is 2.68. The Balaban J connectivity index is 1.69. The summed E-state index contributed by atoms with van der Waals surface area (Å²) in [6.45, 7) is 1.91. The molecule has 0 radical (unpaired) electrons. The molecule has 5 rings (SSSR count). The van der Waals surface area contributed by atoms with Gasteiger partial charge in [0.05, 0.1) is 16.2 Å². The van der Waals surface area contributed by atoms with E-state index in [0.29, 0.717) is 19.3 Å². The van der Waals surface area contributed by atoms with Gasteiger partial charge in [-0.3, -0.25) is 0 Å². The van der Waals surface area contributed by atoms with Crippen LogP contribution in [0.2, 0.25) is 0 Å². The minimum atomic E-state index is -3.74. The molecule has 3 aliphatic rings. The molecule has 2 aromatic carbocycles. The van der Waals surface area contributed by atoms with Crippen molar-refractivity contribution in [3.05, 3.63) is 65.7 Å². The number of aliphatic hydroxyl groups is 1. The van der Waals surface area contributed by atoms with Crippen molar-refractivity contribution in [1.82, 2.24) is 4.83 Å². The maximum atomic E-state index is 12.6. The second kappa shape index (κ2) is 6.46. The molecule has 3 saturated carbocycles. The van der Waals surface area contributed by atoms with E-state index in [-0.39, 0.29) is 10.3 Å². The first-order chi connectivity index (χ1) is 12.8. The number of benzene rings is 2. The summed E-state index contributed by atoms with van der Waals surface area (Å²) in [6, 6.07) is 16.8. The molecule has 0 aliphatic heterocycles. The third-order valence-corrected chi connectivity index (χ3v) is 7.27. The van der Waals surface area contributed by atoms with Gasteiger partial charge in [-0.25, -0.2) is 4.83 Å². The maximum Gasteiger partial charge on any atom is 0.276 e. The SMILES string of the molecule is Cc1ccc(S(=O)(=O)NN=C2CC3(O)CCC2(c2ccccc2)CC3)cc1. The fraction of sp³-hybridized carbons (Fsp3) is 0.381. The first kappa shape index (κ1) is 18.2. The molecule has 0 amide bonds. The van der Waals surface area contributed by atoms with Crippen molar-refractivity contribution in [1.29, 1.82) is 0 Å². The van der Waals surface area contributed by atoms with Crippen molar-refractivity contribution in [3.8, 4) is 0 Å². The third-order valence-electron chi connectivity index (χ3n) is 6.04. The van der Waals surface area contributed by atoms with E-state index >= 15 is 0 Å². The van der Waals surface area contributed by atoms with E-state index in [4.69, 9.17) is 0 Å². The van der Waals surface area contributed by atoms with E-state index in [0.717, 1.165) is 29.7 Å². The molecule has 0 aromatic heterocycles. The van der Waals surface area contributed by atoms with E-state index in [2.05, 4.69) is 22.1 Å². The van der Waals surface area contributed by atoms with Crippen LogP contribution < -0.4 is 4.83 Å². The Morgan fingerprint density at radius 1 is 0.963 bits per heavy atom. The molecule has 6 heteroatoms. The van der Waals surface area contributed by atoms with Crippen molar-refractivity contribution in [3.63, 3.8) is 0 Å². The second-order valence-electron chi connectivity index (χ2n) is 7.82. The summed E-state index contributed by atoms with van der Waals surface area (Å²) in [6.07, 6.45) is 3.38. The molecule has 0 saturated heterocycles. The number of hydrazone groups is 1. The highest BCUT2D eigenvalue weighted by Gasteiger charge is 2.53. The number of hydrogen-bond donors (Lipinski definition) is 2. The lowest BCUT2D eigenvalue weighted by Gasteiger charge is -2.51. The van der Waals surface area contributed by atoms with Crippen LogP contribution in [0.5, 0.6) is 0 Å². The van der Waals surface area contributed by atoms with Crippen LogP contribution in [-0.2, 0) is 15.4 Å². The molecule has 2 aromatic rings. The lowest BCUT2D eigenvalue weighted by molar-refractivity contribution is -0.0190. The quantitative estimate of drug-likeness (QED) is 0.794. The summed E-state index contributed by atoms with van der Waals surface area (Å²) < 4.78 is 25.3. The lowest BCUT2D eigenvalue weighted by atomic mass is 9.55. The topological polar surface area (TPSA) is 78.8 Å². The van der Waals surface area contributed by atoms with Gasteiger partial charge in [-0.05, 0) is 50.3 Å². The molecule has 3 fully saturated rings. The van der Waals surface area contributed by atoms with Gasteiger partial charge in [-0.15, -0.1) is 0 Å². The van der Waals surface area contributed by atoms with E-state index in [9.17, 15) is 13.5 Å². The van der Waals surface area contributed by atoms with Crippen LogP contribution in [-0.4, -0.2) is 24.8 Å². The molecule has 5 nitrogen and oxygen atoms in total. The number of nitrogens with one attached hydrogen (secondary N) is 1. The molecule has 0 atom stereocenters. The van der Waals surface area contributed by atoms with Crippen molar-refractivity contribution in [2.75, 3.05) is 0 Å². The molecule has 2 bridgehead atoms. The molecule has 3 aliphatic carbocycles. The highest BCUT2D eigenvalue weighted by atomic mass is 32.2. The Kier molecular flexibility index (Phi) is 4.35.